The first-order valence-corrected chi connectivity index (χ1v) is 7.80. The SMILES string of the molecule is C=C(C)C(=O)NCCCCCC[N+](CC)(CC)CC. The molecule has 19 heavy (non-hydrogen) atoms. The lowest BCUT2D eigenvalue weighted by molar-refractivity contribution is -0.923. The molecule has 0 bridgehead atoms. The lowest BCUT2D eigenvalue weighted by Gasteiger charge is -2.35. The quantitative estimate of drug-likeness (QED) is 0.348. The van der Waals surface area contributed by atoms with Crippen LogP contribution in [-0.4, -0.2) is 43.1 Å². The van der Waals surface area contributed by atoms with Gasteiger partial charge in [0.15, 0.2) is 0 Å². The van der Waals surface area contributed by atoms with Crippen molar-refractivity contribution in [1.29, 1.82) is 0 Å². The molecular weight excluding hydrogens is 236 g/mol. The molecule has 112 valence electrons. The predicted molar refractivity (Wildman–Crippen MR) is 83.0 cm³/mol. The lowest BCUT2D eigenvalue weighted by atomic mass is 10.1. The summed E-state index contributed by atoms with van der Waals surface area (Å²) in [4.78, 5) is 11.3. The maximum absolute atomic E-state index is 11.3. The highest BCUT2D eigenvalue weighted by molar-refractivity contribution is 5.91. The first-order chi connectivity index (χ1) is 9.01. The zero-order valence-corrected chi connectivity index (χ0v) is 13.4. The van der Waals surface area contributed by atoms with Gasteiger partial charge in [0, 0.05) is 12.1 Å². The van der Waals surface area contributed by atoms with Crippen LogP contribution in [0.1, 0.15) is 53.4 Å². The van der Waals surface area contributed by atoms with Gasteiger partial charge in [-0.15, -0.1) is 0 Å². The van der Waals surface area contributed by atoms with Crippen molar-refractivity contribution in [3.8, 4) is 0 Å². The molecule has 0 aliphatic heterocycles. The second-order valence-electron chi connectivity index (χ2n) is 5.46. The van der Waals surface area contributed by atoms with E-state index in [4.69, 9.17) is 0 Å². The molecule has 0 fully saturated rings. The molecule has 0 radical (unpaired) electrons. The molecule has 1 amide bonds. The van der Waals surface area contributed by atoms with Crippen molar-refractivity contribution in [3.63, 3.8) is 0 Å². The van der Waals surface area contributed by atoms with Crippen molar-refractivity contribution in [3.05, 3.63) is 12.2 Å². The highest BCUT2D eigenvalue weighted by Crippen LogP contribution is 2.10. The molecular formula is C16H33N2O+. The first kappa shape index (κ1) is 18.2. The molecule has 0 saturated carbocycles. The number of rotatable bonds is 11. The van der Waals surface area contributed by atoms with E-state index in [2.05, 4.69) is 32.7 Å². The molecule has 0 aromatic heterocycles. The van der Waals surface area contributed by atoms with E-state index in [1.807, 2.05) is 0 Å². The Bertz CT molecular complexity index is 262. The third-order valence-electron chi connectivity index (χ3n) is 4.24. The Balaban J connectivity index is 3.60. The van der Waals surface area contributed by atoms with E-state index in [1.54, 1.807) is 6.92 Å². The molecule has 0 atom stereocenters. The average molecular weight is 269 g/mol. The molecule has 0 spiro atoms. The van der Waals surface area contributed by atoms with E-state index in [0.29, 0.717) is 5.57 Å². The summed E-state index contributed by atoms with van der Waals surface area (Å²) in [5, 5.41) is 2.88. The number of nitrogens with one attached hydrogen (secondary N) is 1. The van der Waals surface area contributed by atoms with Gasteiger partial charge in [0.2, 0.25) is 5.91 Å². The zero-order valence-electron chi connectivity index (χ0n) is 13.4. The number of amides is 1. The highest BCUT2D eigenvalue weighted by atomic mass is 16.1. The maximum Gasteiger partial charge on any atom is 0.246 e. The Hall–Kier alpha value is -0.830. The lowest BCUT2D eigenvalue weighted by Crippen LogP contribution is -2.48. The van der Waals surface area contributed by atoms with Crippen molar-refractivity contribution >= 4 is 5.91 Å². The number of quaternary nitrogens is 1. The van der Waals surface area contributed by atoms with Crippen LogP contribution in [0.5, 0.6) is 0 Å². The van der Waals surface area contributed by atoms with Gasteiger partial charge in [-0.05, 0) is 47.0 Å². The normalized spacial score (nSPS) is 11.4. The van der Waals surface area contributed by atoms with Gasteiger partial charge in [0.25, 0.3) is 0 Å². The van der Waals surface area contributed by atoms with Crippen molar-refractivity contribution in [2.45, 2.75) is 53.4 Å². The Kier molecular flexibility index (Phi) is 9.58. The molecule has 0 aliphatic carbocycles. The van der Waals surface area contributed by atoms with Gasteiger partial charge in [0.05, 0.1) is 26.2 Å². The van der Waals surface area contributed by atoms with E-state index in [1.165, 1.54) is 49.9 Å². The minimum Gasteiger partial charge on any atom is -0.352 e. The van der Waals surface area contributed by atoms with Crippen LogP contribution in [-0.2, 0) is 4.79 Å². The fourth-order valence-electron chi connectivity index (χ4n) is 2.42. The second kappa shape index (κ2) is 10.0. The van der Waals surface area contributed by atoms with Crippen LogP contribution in [0, 0.1) is 0 Å². The summed E-state index contributed by atoms with van der Waals surface area (Å²) >= 11 is 0. The first-order valence-electron chi connectivity index (χ1n) is 7.80. The largest absolute Gasteiger partial charge is 0.352 e. The van der Waals surface area contributed by atoms with Crippen LogP contribution >= 0.6 is 0 Å². The van der Waals surface area contributed by atoms with Crippen molar-refractivity contribution in [2.75, 3.05) is 32.7 Å². The van der Waals surface area contributed by atoms with E-state index < -0.39 is 0 Å². The van der Waals surface area contributed by atoms with Crippen molar-refractivity contribution in [1.82, 2.24) is 5.32 Å². The molecule has 0 aliphatic rings. The maximum atomic E-state index is 11.3. The van der Waals surface area contributed by atoms with Crippen LogP contribution < -0.4 is 5.32 Å². The summed E-state index contributed by atoms with van der Waals surface area (Å²) in [5.41, 5.74) is 0.593. The number of carbonyl (C=O) groups excluding carboxylic acids is 1. The number of nitrogens with zero attached hydrogens (tertiary/aromatic N) is 1. The molecule has 3 nitrogen and oxygen atoms in total. The summed E-state index contributed by atoms with van der Waals surface area (Å²) in [7, 11) is 0. The molecule has 0 aromatic rings. The van der Waals surface area contributed by atoms with Crippen LogP contribution in [0.4, 0.5) is 0 Å². The van der Waals surface area contributed by atoms with Gasteiger partial charge < -0.3 is 9.80 Å². The Morgan fingerprint density at radius 2 is 1.53 bits per heavy atom. The van der Waals surface area contributed by atoms with E-state index >= 15 is 0 Å². The standard InChI is InChI=1S/C16H32N2O/c1-6-18(7-2,8-3)14-12-10-9-11-13-17-16(19)15(4)5/h4,6-14H2,1-3,5H3/p+1. The number of carbonyl (C=O) groups is 1. The number of unbranched alkanes of at least 4 members (excludes halogenated alkanes) is 3. The predicted octanol–water partition coefficient (Wildman–Crippen LogP) is 3.12. The van der Waals surface area contributed by atoms with Crippen LogP contribution in [0.2, 0.25) is 0 Å². The fraction of sp³-hybridized carbons (Fsp3) is 0.812. The van der Waals surface area contributed by atoms with Gasteiger partial charge in [-0.25, -0.2) is 0 Å². The van der Waals surface area contributed by atoms with Crippen LogP contribution in [0.25, 0.3) is 0 Å². The van der Waals surface area contributed by atoms with E-state index in [9.17, 15) is 4.79 Å². The van der Waals surface area contributed by atoms with E-state index in [-0.39, 0.29) is 5.91 Å². The minimum absolute atomic E-state index is 0.0152. The van der Waals surface area contributed by atoms with Crippen LogP contribution in [0.15, 0.2) is 12.2 Å². The molecule has 0 saturated heterocycles. The molecule has 0 rings (SSSR count). The molecule has 3 heteroatoms. The molecule has 1 N–H and O–H groups in total. The van der Waals surface area contributed by atoms with Gasteiger partial charge in [0.1, 0.15) is 0 Å². The Labute approximate surface area is 119 Å². The fourth-order valence-corrected chi connectivity index (χ4v) is 2.42. The van der Waals surface area contributed by atoms with E-state index in [0.717, 1.165) is 13.0 Å². The zero-order chi connectivity index (χ0) is 14.7. The molecule has 0 heterocycles. The highest BCUT2D eigenvalue weighted by Gasteiger charge is 2.19. The average Bonchev–Trinajstić information content (AvgIpc) is 2.42. The number of hydrogen-bond acceptors (Lipinski definition) is 1. The number of hydrogen-bond donors (Lipinski definition) is 1. The summed E-state index contributed by atoms with van der Waals surface area (Å²) in [6.45, 7) is 18.0. The smallest absolute Gasteiger partial charge is 0.246 e. The van der Waals surface area contributed by atoms with Crippen LogP contribution in [0.3, 0.4) is 0 Å². The summed E-state index contributed by atoms with van der Waals surface area (Å²) < 4.78 is 1.24. The Morgan fingerprint density at radius 3 is 2.00 bits per heavy atom. The topological polar surface area (TPSA) is 29.1 Å². The van der Waals surface area contributed by atoms with Gasteiger partial charge in [-0.2, -0.15) is 0 Å². The third-order valence-corrected chi connectivity index (χ3v) is 4.24. The van der Waals surface area contributed by atoms with Gasteiger partial charge in [-0.1, -0.05) is 13.0 Å². The Morgan fingerprint density at radius 1 is 1.00 bits per heavy atom. The van der Waals surface area contributed by atoms with Crippen molar-refractivity contribution < 1.29 is 9.28 Å². The monoisotopic (exact) mass is 269 g/mol. The summed E-state index contributed by atoms with van der Waals surface area (Å²) in [5.74, 6) is -0.0152. The summed E-state index contributed by atoms with van der Waals surface area (Å²) in [6.07, 6.45) is 4.84. The summed E-state index contributed by atoms with van der Waals surface area (Å²) in [6, 6.07) is 0. The second-order valence-corrected chi connectivity index (χ2v) is 5.46. The third kappa shape index (κ3) is 7.36. The van der Waals surface area contributed by atoms with Gasteiger partial charge in [-0.3, -0.25) is 4.79 Å². The molecule has 0 aromatic carbocycles. The molecule has 0 unspecified atom stereocenters. The van der Waals surface area contributed by atoms with Gasteiger partial charge >= 0.3 is 0 Å². The minimum atomic E-state index is -0.0152. The van der Waals surface area contributed by atoms with Crippen molar-refractivity contribution in [2.24, 2.45) is 0 Å².